The fourth-order valence-corrected chi connectivity index (χ4v) is 2.63. The maximum Gasteiger partial charge on any atom is 0.417 e. The molecule has 1 amide bonds. The van der Waals surface area contributed by atoms with E-state index in [1.807, 2.05) is 0 Å². The minimum absolute atomic E-state index is 0.0131. The third kappa shape index (κ3) is 2.85. The Bertz CT molecular complexity index is 473. The van der Waals surface area contributed by atoms with Crippen LogP contribution in [0.5, 0.6) is 0 Å². The average molecular weight is 322 g/mol. The van der Waals surface area contributed by atoms with E-state index in [-0.39, 0.29) is 10.4 Å². The second-order valence-corrected chi connectivity index (χ2v) is 5.09. The average Bonchev–Trinajstić information content (AvgIpc) is 2.62. The Hall–Kier alpha value is -1.04. The van der Waals surface area contributed by atoms with Crippen LogP contribution in [0.3, 0.4) is 0 Å². The highest BCUT2D eigenvalue weighted by atomic mass is 79.9. The molecule has 2 rings (SSSR count). The minimum atomic E-state index is -4.36. The smallest absolute Gasteiger partial charge is 0.338 e. The summed E-state index contributed by atoms with van der Waals surface area (Å²) < 4.78 is 37.7. The highest BCUT2D eigenvalue weighted by Crippen LogP contribution is 2.35. The fraction of sp³-hybridized carbons (Fsp3) is 0.417. The topological polar surface area (TPSA) is 20.3 Å². The summed E-state index contributed by atoms with van der Waals surface area (Å²) in [6.45, 7) is 1.05. The highest BCUT2D eigenvalue weighted by molar-refractivity contribution is 9.10. The molecule has 0 radical (unpaired) electrons. The Balaban J connectivity index is 2.16. The second kappa shape index (κ2) is 4.91. The molecule has 1 aromatic rings. The molecular weight excluding hydrogens is 311 g/mol. The molecule has 0 N–H and O–H groups in total. The van der Waals surface area contributed by atoms with Gasteiger partial charge in [-0.1, -0.05) is 22.0 Å². The number of likely N-dealkylation sites (tertiary alicyclic amines) is 1. The molecular formula is C12H11BrF3NO. The van der Waals surface area contributed by atoms with Crippen molar-refractivity contribution in [1.29, 1.82) is 0 Å². The molecule has 0 spiro atoms. The van der Waals surface area contributed by atoms with Crippen molar-refractivity contribution >= 4 is 21.8 Å². The van der Waals surface area contributed by atoms with Crippen molar-refractivity contribution in [2.75, 3.05) is 6.54 Å². The quantitative estimate of drug-likeness (QED) is 0.815. The van der Waals surface area contributed by atoms with Crippen molar-refractivity contribution in [2.24, 2.45) is 0 Å². The Morgan fingerprint density at radius 1 is 1.33 bits per heavy atom. The van der Waals surface area contributed by atoms with E-state index in [1.54, 1.807) is 4.90 Å². The van der Waals surface area contributed by atoms with Crippen molar-refractivity contribution in [3.63, 3.8) is 0 Å². The molecule has 18 heavy (non-hydrogen) atoms. The summed E-state index contributed by atoms with van der Waals surface area (Å²) in [5, 5.41) is 0. The van der Waals surface area contributed by atoms with Crippen LogP contribution in [-0.2, 0) is 17.5 Å². The van der Waals surface area contributed by atoms with Crippen LogP contribution in [0.25, 0.3) is 0 Å². The Morgan fingerprint density at radius 3 is 2.56 bits per heavy atom. The maximum absolute atomic E-state index is 12.6. The zero-order chi connectivity index (χ0) is 13.3. The van der Waals surface area contributed by atoms with Gasteiger partial charge in [0.25, 0.3) is 0 Å². The van der Waals surface area contributed by atoms with E-state index in [0.717, 1.165) is 12.5 Å². The van der Waals surface area contributed by atoms with Gasteiger partial charge in [-0.3, -0.25) is 4.79 Å². The number of hydrogen-bond acceptors (Lipinski definition) is 1. The van der Waals surface area contributed by atoms with Gasteiger partial charge >= 0.3 is 6.18 Å². The molecule has 6 heteroatoms. The van der Waals surface area contributed by atoms with E-state index in [2.05, 4.69) is 15.9 Å². The van der Waals surface area contributed by atoms with Crippen LogP contribution in [0.15, 0.2) is 22.7 Å². The lowest BCUT2D eigenvalue weighted by Crippen LogP contribution is -2.23. The highest BCUT2D eigenvalue weighted by Gasteiger charge is 2.33. The molecule has 0 atom stereocenters. The van der Waals surface area contributed by atoms with Gasteiger partial charge in [-0.15, -0.1) is 0 Å². The van der Waals surface area contributed by atoms with Crippen LogP contribution in [0.1, 0.15) is 24.0 Å². The van der Waals surface area contributed by atoms with Gasteiger partial charge in [0.05, 0.1) is 5.56 Å². The summed E-state index contributed by atoms with van der Waals surface area (Å²) in [7, 11) is 0. The molecule has 0 aliphatic carbocycles. The van der Waals surface area contributed by atoms with Crippen molar-refractivity contribution in [2.45, 2.75) is 25.6 Å². The van der Waals surface area contributed by atoms with E-state index in [1.165, 1.54) is 12.1 Å². The van der Waals surface area contributed by atoms with Crippen LogP contribution in [0, 0.1) is 0 Å². The minimum Gasteiger partial charge on any atom is -0.338 e. The van der Waals surface area contributed by atoms with Crippen LogP contribution >= 0.6 is 15.9 Å². The van der Waals surface area contributed by atoms with Gasteiger partial charge in [0, 0.05) is 24.0 Å². The predicted octanol–water partition coefficient (Wildman–Crippen LogP) is 3.59. The lowest BCUT2D eigenvalue weighted by atomic mass is 10.1. The molecule has 2 nitrogen and oxygen atoms in total. The fourth-order valence-electron chi connectivity index (χ4n) is 1.98. The largest absolute Gasteiger partial charge is 0.417 e. The first-order valence-electron chi connectivity index (χ1n) is 5.51. The van der Waals surface area contributed by atoms with E-state index in [0.29, 0.717) is 25.1 Å². The summed E-state index contributed by atoms with van der Waals surface area (Å²) >= 11 is 2.92. The van der Waals surface area contributed by atoms with Gasteiger partial charge in [-0.25, -0.2) is 0 Å². The molecule has 0 unspecified atom stereocenters. The third-order valence-electron chi connectivity index (χ3n) is 2.88. The normalized spacial score (nSPS) is 16.4. The van der Waals surface area contributed by atoms with Gasteiger partial charge in [-0.2, -0.15) is 13.2 Å². The molecule has 98 valence electrons. The number of nitrogens with zero attached hydrogens (tertiary/aromatic N) is 1. The molecule has 1 aliphatic rings. The van der Waals surface area contributed by atoms with Gasteiger partial charge in [0.2, 0.25) is 5.91 Å². The number of carbonyl (C=O) groups is 1. The van der Waals surface area contributed by atoms with E-state index < -0.39 is 11.7 Å². The van der Waals surface area contributed by atoms with Crippen LogP contribution in [-0.4, -0.2) is 17.4 Å². The van der Waals surface area contributed by atoms with Crippen LogP contribution < -0.4 is 0 Å². The number of hydrogen-bond donors (Lipinski definition) is 0. The Kier molecular flexibility index (Phi) is 3.66. The lowest BCUT2D eigenvalue weighted by Gasteiger charge is -2.17. The number of rotatable bonds is 2. The molecule has 1 fully saturated rings. The van der Waals surface area contributed by atoms with Crippen LogP contribution in [0.2, 0.25) is 0 Å². The van der Waals surface area contributed by atoms with Gasteiger partial charge in [0.15, 0.2) is 0 Å². The Morgan fingerprint density at radius 2 is 2.06 bits per heavy atom. The first kappa shape index (κ1) is 13.4. The molecule has 1 heterocycles. The monoisotopic (exact) mass is 321 g/mol. The summed E-state index contributed by atoms with van der Waals surface area (Å²) in [6.07, 6.45) is -3.01. The standard InChI is InChI=1S/C12H11BrF3NO/c13-10-6-8(3-4-9(10)12(14,15)16)7-17-5-1-2-11(17)18/h3-4,6H,1-2,5,7H2. The SMILES string of the molecule is O=C1CCCN1Cc1ccc(C(F)(F)F)c(Br)c1. The van der Waals surface area contributed by atoms with E-state index >= 15 is 0 Å². The molecule has 0 saturated carbocycles. The van der Waals surface area contributed by atoms with Crippen molar-refractivity contribution in [1.82, 2.24) is 4.90 Å². The molecule has 0 bridgehead atoms. The summed E-state index contributed by atoms with van der Waals surface area (Å²) in [4.78, 5) is 13.1. The molecule has 0 aromatic heterocycles. The zero-order valence-corrected chi connectivity index (χ0v) is 11.0. The van der Waals surface area contributed by atoms with E-state index in [9.17, 15) is 18.0 Å². The first-order valence-corrected chi connectivity index (χ1v) is 6.30. The van der Waals surface area contributed by atoms with E-state index in [4.69, 9.17) is 0 Å². The summed E-state index contributed by atoms with van der Waals surface area (Å²) in [5.41, 5.74) is 0.00382. The number of halogens is 4. The van der Waals surface area contributed by atoms with Gasteiger partial charge in [0.1, 0.15) is 0 Å². The summed E-state index contributed by atoms with van der Waals surface area (Å²) in [6, 6.07) is 3.88. The summed E-state index contributed by atoms with van der Waals surface area (Å²) in [5.74, 6) is 0.0611. The van der Waals surface area contributed by atoms with Crippen molar-refractivity contribution in [3.8, 4) is 0 Å². The third-order valence-corrected chi connectivity index (χ3v) is 3.54. The molecule has 1 saturated heterocycles. The van der Waals surface area contributed by atoms with Crippen LogP contribution in [0.4, 0.5) is 13.2 Å². The second-order valence-electron chi connectivity index (χ2n) is 4.23. The van der Waals surface area contributed by atoms with Gasteiger partial charge in [-0.05, 0) is 24.1 Å². The molecule has 1 aliphatic heterocycles. The zero-order valence-electron chi connectivity index (χ0n) is 9.43. The van der Waals surface area contributed by atoms with Crippen molar-refractivity contribution in [3.05, 3.63) is 33.8 Å². The number of amides is 1. The number of alkyl halides is 3. The van der Waals surface area contributed by atoms with Crippen molar-refractivity contribution < 1.29 is 18.0 Å². The lowest BCUT2D eigenvalue weighted by molar-refractivity contribution is -0.138. The number of carbonyl (C=O) groups excluding carboxylic acids is 1. The predicted molar refractivity (Wildman–Crippen MR) is 63.8 cm³/mol. The Labute approximate surface area is 111 Å². The molecule has 1 aromatic carbocycles. The first-order chi connectivity index (χ1) is 8.38. The van der Waals surface area contributed by atoms with Gasteiger partial charge < -0.3 is 4.90 Å². The number of benzene rings is 1. The maximum atomic E-state index is 12.6.